The molecular formula is C11H11F2N3. The van der Waals surface area contributed by atoms with Crippen molar-refractivity contribution in [3.8, 4) is 11.3 Å². The molecule has 0 fully saturated rings. The molecular weight excluding hydrogens is 212 g/mol. The van der Waals surface area contributed by atoms with E-state index in [0.29, 0.717) is 11.4 Å². The Bertz CT molecular complexity index is 527. The number of nitrogens with zero attached hydrogens (tertiary/aromatic N) is 2. The van der Waals surface area contributed by atoms with Gasteiger partial charge in [-0.3, -0.25) is 4.68 Å². The summed E-state index contributed by atoms with van der Waals surface area (Å²) in [5.74, 6) is -0.880. The molecule has 0 aliphatic heterocycles. The largest absolute Gasteiger partial charge is 0.384 e. The number of rotatable bonds is 1. The standard InChI is InChI=1S/C11H11F2N3/c1-6-3-4-7(12)10(11(6)13)8-5-9(14)16(2)15-8/h3-5H,14H2,1-2H3. The van der Waals surface area contributed by atoms with E-state index < -0.39 is 11.6 Å². The molecule has 0 saturated heterocycles. The van der Waals surface area contributed by atoms with Gasteiger partial charge in [-0.05, 0) is 18.6 Å². The van der Waals surface area contributed by atoms with Crippen LogP contribution in [-0.2, 0) is 7.05 Å². The summed E-state index contributed by atoms with van der Waals surface area (Å²) in [6.07, 6.45) is 0. The van der Waals surface area contributed by atoms with Gasteiger partial charge in [0.1, 0.15) is 23.1 Å². The van der Waals surface area contributed by atoms with E-state index in [2.05, 4.69) is 5.10 Å². The van der Waals surface area contributed by atoms with Crippen LogP contribution in [0.3, 0.4) is 0 Å². The number of anilines is 1. The summed E-state index contributed by atoms with van der Waals surface area (Å²) in [5, 5.41) is 3.95. The fourth-order valence-corrected chi connectivity index (χ4v) is 1.50. The molecule has 0 aliphatic carbocycles. The highest BCUT2D eigenvalue weighted by molar-refractivity contribution is 5.64. The number of halogens is 2. The predicted octanol–water partition coefficient (Wildman–Crippen LogP) is 2.26. The molecule has 0 aliphatic rings. The monoisotopic (exact) mass is 223 g/mol. The van der Waals surface area contributed by atoms with Gasteiger partial charge in [0.05, 0.1) is 5.56 Å². The second kappa shape index (κ2) is 3.59. The summed E-state index contributed by atoms with van der Waals surface area (Å²) >= 11 is 0. The van der Waals surface area contributed by atoms with Crippen molar-refractivity contribution in [2.45, 2.75) is 6.92 Å². The Morgan fingerprint density at radius 1 is 1.31 bits per heavy atom. The van der Waals surface area contributed by atoms with Gasteiger partial charge in [-0.1, -0.05) is 6.07 Å². The summed E-state index contributed by atoms with van der Waals surface area (Å²) < 4.78 is 28.7. The lowest BCUT2D eigenvalue weighted by Gasteiger charge is -2.03. The molecule has 0 radical (unpaired) electrons. The number of nitrogen functional groups attached to an aromatic ring is 1. The lowest BCUT2D eigenvalue weighted by molar-refractivity contribution is 0.582. The molecule has 2 rings (SSSR count). The molecule has 2 aromatic rings. The maximum absolute atomic E-state index is 13.8. The molecule has 1 aromatic carbocycles. The fraction of sp³-hybridized carbons (Fsp3) is 0.182. The average Bonchev–Trinajstić information content (AvgIpc) is 2.54. The normalized spacial score (nSPS) is 10.8. The van der Waals surface area contributed by atoms with Gasteiger partial charge in [-0.25, -0.2) is 8.78 Å². The Morgan fingerprint density at radius 2 is 2.00 bits per heavy atom. The van der Waals surface area contributed by atoms with Crippen molar-refractivity contribution < 1.29 is 8.78 Å². The zero-order valence-corrected chi connectivity index (χ0v) is 8.96. The maximum atomic E-state index is 13.8. The molecule has 5 heteroatoms. The van der Waals surface area contributed by atoms with Crippen LogP contribution >= 0.6 is 0 Å². The molecule has 1 aromatic heterocycles. The Kier molecular flexibility index (Phi) is 2.38. The SMILES string of the molecule is Cc1ccc(F)c(-c2cc(N)n(C)n2)c1F. The zero-order chi connectivity index (χ0) is 11.9. The van der Waals surface area contributed by atoms with E-state index in [9.17, 15) is 8.78 Å². The maximum Gasteiger partial charge on any atom is 0.138 e. The lowest BCUT2D eigenvalue weighted by Crippen LogP contribution is -1.97. The summed E-state index contributed by atoms with van der Waals surface area (Å²) in [7, 11) is 1.62. The third-order valence-corrected chi connectivity index (χ3v) is 2.46. The van der Waals surface area contributed by atoms with E-state index in [4.69, 9.17) is 5.73 Å². The summed E-state index contributed by atoms with van der Waals surface area (Å²) in [4.78, 5) is 0. The smallest absolute Gasteiger partial charge is 0.138 e. The summed E-state index contributed by atoms with van der Waals surface area (Å²) in [6, 6.07) is 4.06. The van der Waals surface area contributed by atoms with Crippen molar-refractivity contribution in [2.24, 2.45) is 7.05 Å². The molecule has 1 heterocycles. The van der Waals surface area contributed by atoms with Crippen LogP contribution in [0.4, 0.5) is 14.6 Å². The number of hydrogen-bond acceptors (Lipinski definition) is 2. The number of nitrogens with two attached hydrogens (primary N) is 1. The van der Waals surface area contributed by atoms with E-state index in [0.717, 1.165) is 0 Å². The minimum absolute atomic E-state index is 0.132. The minimum Gasteiger partial charge on any atom is -0.384 e. The number of aryl methyl sites for hydroxylation is 2. The lowest BCUT2D eigenvalue weighted by atomic mass is 10.1. The molecule has 3 nitrogen and oxygen atoms in total. The van der Waals surface area contributed by atoms with Crippen LogP contribution in [-0.4, -0.2) is 9.78 Å². The highest BCUT2D eigenvalue weighted by atomic mass is 19.1. The molecule has 84 valence electrons. The van der Waals surface area contributed by atoms with Gasteiger partial charge in [0.25, 0.3) is 0 Å². The Balaban J connectivity index is 2.68. The first-order valence-electron chi connectivity index (χ1n) is 4.75. The molecule has 16 heavy (non-hydrogen) atoms. The van der Waals surface area contributed by atoms with Crippen molar-refractivity contribution >= 4 is 5.82 Å². The predicted molar refractivity (Wildman–Crippen MR) is 57.7 cm³/mol. The van der Waals surface area contributed by atoms with Crippen LogP contribution in [0.15, 0.2) is 18.2 Å². The first kappa shape index (κ1) is 10.6. The first-order chi connectivity index (χ1) is 7.50. The molecule has 0 unspecified atom stereocenters. The fourth-order valence-electron chi connectivity index (χ4n) is 1.50. The summed E-state index contributed by atoms with van der Waals surface area (Å²) in [5.41, 5.74) is 6.02. The van der Waals surface area contributed by atoms with Crippen molar-refractivity contribution in [1.82, 2.24) is 9.78 Å². The Labute approximate surface area is 91.5 Å². The molecule has 0 bridgehead atoms. The molecule has 0 atom stereocenters. The molecule has 2 N–H and O–H groups in total. The minimum atomic E-state index is -0.638. The molecule has 0 saturated carbocycles. The van der Waals surface area contributed by atoms with E-state index in [1.54, 1.807) is 14.0 Å². The summed E-state index contributed by atoms with van der Waals surface area (Å²) in [6.45, 7) is 1.57. The number of aromatic nitrogens is 2. The van der Waals surface area contributed by atoms with Crippen molar-refractivity contribution in [3.63, 3.8) is 0 Å². The third kappa shape index (κ3) is 1.54. The molecule has 0 amide bonds. The van der Waals surface area contributed by atoms with Crippen molar-refractivity contribution in [3.05, 3.63) is 35.4 Å². The second-order valence-corrected chi connectivity index (χ2v) is 3.63. The van der Waals surface area contributed by atoms with Crippen LogP contribution in [0, 0.1) is 18.6 Å². The van der Waals surface area contributed by atoms with Crippen LogP contribution in [0.1, 0.15) is 5.56 Å². The van der Waals surface area contributed by atoms with Gasteiger partial charge in [0, 0.05) is 13.1 Å². The van der Waals surface area contributed by atoms with Crippen LogP contribution in [0.25, 0.3) is 11.3 Å². The van der Waals surface area contributed by atoms with Gasteiger partial charge in [0.15, 0.2) is 0 Å². The van der Waals surface area contributed by atoms with E-state index in [1.807, 2.05) is 0 Å². The Morgan fingerprint density at radius 3 is 2.56 bits per heavy atom. The van der Waals surface area contributed by atoms with Gasteiger partial charge >= 0.3 is 0 Å². The van der Waals surface area contributed by atoms with Crippen LogP contribution in [0.2, 0.25) is 0 Å². The second-order valence-electron chi connectivity index (χ2n) is 3.63. The third-order valence-electron chi connectivity index (χ3n) is 2.46. The Hall–Kier alpha value is -1.91. The number of hydrogen-bond donors (Lipinski definition) is 1. The highest BCUT2D eigenvalue weighted by Crippen LogP contribution is 2.27. The van der Waals surface area contributed by atoms with Gasteiger partial charge in [0.2, 0.25) is 0 Å². The quantitative estimate of drug-likeness (QED) is 0.805. The zero-order valence-electron chi connectivity index (χ0n) is 8.96. The van der Waals surface area contributed by atoms with Crippen LogP contribution < -0.4 is 5.73 Å². The number of benzene rings is 1. The van der Waals surface area contributed by atoms with Crippen molar-refractivity contribution in [1.29, 1.82) is 0 Å². The van der Waals surface area contributed by atoms with E-state index >= 15 is 0 Å². The van der Waals surface area contributed by atoms with E-state index in [1.165, 1.54) is 22.9 Å². The van der Waals surface area contributed by atoms with Gasteiger partial charge in [-0.15, -0.1) is 0 Å². The first-order valence-corrected chi connectivity index (χ1v) is 4.75. The van der Waals surface area contributed by atoms with Crippen LogP contribution in [0.5, 0.6) is 0 Å². The highest BCUT2D eigenvalue weighted by Gasteiger charge is 2.16. The topological polar surface area (TPSA) is 43.8 Å². The van der Waals surface area contributed by atoms with E-state index in [-0.39, 0.29) is 11.3 Å². The average molecular weight is 223 g/mol. The van der Waals surface area contributed by atoms with Crippen molar-refractivity contribution in [2.75, 3.05) is 5.73 Å². The van der Waals surface area contributed by atoms with Gasteiger partial charge < -0.3 is 5.73 Å². The molecule has 0 spiro atoms. The van der Waals surface area contributed by atoms with Gasteiger partial charge in [-0.2, -0.15) is 5.10 Å².